The molecule has 1 aliphatic rings. The quantitative estimate of drug-likeness (QED) is 0.835. The molecule has 0 radical (unpaired) electrons. The topological polar surface area (TPSA) is 55.1 Å². The second-order valence-electron chi connectivity index (χ2n) is 6.44. The van der Waals surface area contributed by atoms with Crippen LogP contribution in [0.4, 0.5) is 5.69 Å². The Hall–Kier alpha value is -1.22. The lowest BCUT2D eigenvalue weighted by Gasteiger charge is -2.08. The minimum absolute atomic E-state index is 0.132. The average molecular weight is 281 g/mol. The van der Waals surface area contributed by atoms with Gasteiger partial charge in [0.1, 0.15) is 0 Å². The van der Waals surface area contributed by atoms with Gasteiger partial charge < -0.3 is 11.1 Å². The summed E-state index contributed by atoms with van der Waals surface area (Å²) in [6.07, 6.45) is 0. The number of carbonyl (C=O) groups is 1. The molecule has 2 rings (SSSR count). The molecule has 4 heteroatoms. The van der Waals surface area contributed by atoms with E-state index in [0.29, 0.717) is 28.7 Å². The average Bonchev–Trinajstić information content (AvgIpc) is 2.66. The van der Waals surface area contributed by atoms with Crippen molar-refractivity contribution in [3.8, 4) is 0 Å². The Morgan fingerprint density at radius 3 is 2.37 bits per heavy atom. The number of halogens is 1. The third-order valence-corrected chi connectivity index (χ3v) is 5.28. The number of amides is 1. The van der Waals surface area contributed by atoms with Gasteiger partial charge in [0.05, 0.1) is 5.56 Å². The molecule has 0 heterocycles. The molecule has 0 atom stereocenters. The first kappa shape index (κ1) is 14.2. The molecule has 19 heavy (non-hydrogen) atoms. The Labute approximate surface area is 119 Å². The number of rotatable bonds is 3. The summed E-state index contributed by atoms with van der Waals surface area (Å²) in [5, 5.41) is 3.51. The summed E-state index contributed by atoms with van der Waals surface area (Å²) in [5.74, 6) is 0.366. The van der Waals surface area contributed by atoms with E-state index in [0.717, 1.165) is 0 Å². The summed E-state index contributed by atoms with van der Waals surface area (Å²) in [7, 11) is 0. The van der Waals surface area contributed by atoms with Crippen molar-refractivity contribution in [2.75, 3.05) is 12.3 Å². The van der Waals surface area contributed by atoms with Crippen LogP contribution in [0.25, 0.3) is 0 Å². The number of nitrogen functional groups attached to an aromatic ring is 1. The first-order chi connectivity index (χ1) is 8.68. The van der Waals surface area contributed by atoms with E-state index in [4.69, 9.17) is 17.3 Å². The molecule has 1 fully saturated rings. The zero-order valence-corrected chi connectivity index (χ0v) is 12.6. The second kappa shape index (κ2) is 4.41. The highest BCUT2D eigenvalue weighted by atomic mass is 35.5. The van der Waals surface area contributed by atoms with Crippen molar-refractivity contribution in [2.45, 2.75) is 27.7 Å². The minimum Gasteiger partial charge on any atom is -0.398 e. The van der Waals surface area contributed by atoms with Crippen LogP contribution in [0, 0.1) is 16.7 Å². The number of anilines is 1. The third-order valence-electron chi connectivity index (χ3n) is 5.04. The lowest BCUT2D eigenvalue weighted by atomic mass is 10.0. The maximum Gasteiger partial charge on any atom is 0.253 e. The van der Waals surface area contributed by atoms with Gasteiger partial charge in [-0.05, 0) is 34.9 Å². The predicted octanol–water partition coefficient (Wildman–Crippen LogP) is 3.33. The minimum atomic E-state index is -0.132. The van der Waals surface area contributed by atoms with Gasteiger partial charge in [-0.2, -0.15) is 0 Å². The smallest absolute Gasteiger partial charge is 0.253 e. The van der Waals surface area contributed by atoms with Crippen molar-refractivity contribution in [1.82, 2.24) is 5.32 Å². The molecule has 104 valence electrons. The summed E-state index contributed by atoms with van der Waals surface area (Å²) < 4.78 is 0. The largest absolute Gasteiger partial charge is 0.398 e. The normalized spacial score (nSPS) is 20.1. The molecule has 3 nitrogen and oxygen atoms in total. The van der Waals surface area contributed by atoms with Crippen molar-refractivity contribution in [3.05, 3.63) is 28.8 Å². The third kappa shape index (κ3) is 2.32. The highest BCUT2D eigenvalue weighted by Gasteiger charge is 2.64. The van der Waals surface area contributed by atoms with Crippen LogP contribution in [0.15, 0.2) is 18.2 Å². The van der Waals surface area contributed by atoms with Crippen LogP contribution in [-0.2, 0) is 0 Å². The summed E-state index contributed by atoms with van der Waals surface area (Å²) in [6, 6.07) is 4.94. The molecule has 1 saturated carbocycles. The molecule has 1 amide bonds. The van der Waals surface area contributed by atoms with Crippen LogP contribution in [0.5, 0.6) is 0 Å². The molecular formula is C15H21ClN2O. The maximum atomic E-state index is 12.1. The standard InChI is InChI=1S/C15H21ClN2O/c1-14(2)12(15(14,3)4)8-18-13(19)10-6-5-9(16)7-11(10)17/h5-7,12H,8,17H2,1-4H3,(H,18,19). The molecule has 1 aliphatic carbocycles. The fourth-order valence-electron chi connectivity index (χ4n) is 2.87. The van der Waals surface area contributed by atoms with Crippen molar-refractivity contribution in [3.63, 3.8) is 0 Å². The SMILES string of the molecule is CC1(C)C(CNC(=O)c2ccc(Cl)cc2N)C1(C)C. The van der Waals surface area contributed by atoms with Gasteiger partial charge in [0.15, 0.2) is 0 Å². The Bertz CT molecular complexity index is 509. The lowest BCUT2D eigenvalue weighted by Crippen LogP contribution is -2.27. The van der Waals surface area contributed by atoms with Crippen LogP contribution in [0.3, 0.4) is 0 Å². The number of carbonyl (C=O) groups excluding carboxylic acids is 1. The lowest BCUT2D eigenvalue weighted by molar-refractivity contribution is 0.0951. The molecule has 0 aliphatic heterocycles. The van der Waals surface area contributed by atoms with Gasteiger partial charge in [-0.1, -0.05) is 39.3 Å². The van der Waals surface area contributed by atoms with Gasteiger partial charge in [0, 0.05) is 17.3 Å². The van der Waals surface area contributed by atoms with Gasteiger partial charge in [0.2, 0.25) is 0 Å². The van der Waals surface area contributed by atoms with Gasteiger partial charge in [0.25, 0.3) is 5.91 Å². The van der Waals surface area contributed by atoms with Gasteiger partial charge in [-0.3, -0.25) is 4.79 Å². The van der Waals surface area contributed by atoms with E-state index in [-0.39, 0.29) is 16.7 Å². The molecule has 0 aromatic heterocycles. The molecule has 0 spiro atoms. The van der Waals surface area contributed by atoms with Gasteiger partial charge in [-0.15, -0.1) is 0 Å². The van der Waals surface area contributed by atoms with E-state index in [9.17, 15) is 4.79 Å². The van der Waals surface area contributed by atoms with E-state index in [1.54, 1.807) is 18.2 Å². The Kier molecular flexibility index (Phi) is 3.29. The van der Waals surface area contributed by atoms with E-state index >= 15 is 0 Å². The highest BCUT2D eigenvalue weighted by Crippen LogP contribution is 2.67. The number of nitrogens with one attached hydrogen (secondary N) is 1. The molecule has 0 saturated heterocycles. The summed E-state index contributed by atoms with van der Waals surface area (Å²) >= 11 is 5.82. The number of hydrogen-bond donors (Lipinski definition) is 2. The fourth-order valence-corrected chi connectivity index (χ4v) is 3.05. The van der Waals surface area contributed by atoms with E-state index in [1.807, 2.05) is 0 Å². The molecular weight excluding hydrogens is 260 g/mol. The zero-order valence-electron chi connectivity index (χ0n) is 11.9. The summed E-state index contributed by atoms with van der Waals surface area (Å²) in [5.41, 5.74) is 7.25. The summed E-state index contributed by atoms with van der Waals surface area (Å²) in [4.78, 5) is 12.1. The Morgan fingerprint density at radius 2 is 1.89 bits per heavy atom. The van der Waals surface area contributed by atoms with Crippen LogP contribution in [0.1, 0.15) is 38.1 Å². The number of nitrogens with two attached hydrogens (primary N) is 1. The molecule has 1 aromatic carbocycles. The Morgan fingerprint density at radius 1 is 1.32 bits per heavy atom. The first-order valence-electron chi connectivity index (χ1n) is 6.51. The van der Waals surface area contributed by atoms with Crippen molar-refractivity contribution < 1.29 is 4.79 Å². The van der Waals surface area contributed by atoms with E-state index < -0.39 is 0 Å². The first-order valence-corrected chi connectivity index (χ1v) is 6.89. The van der Waals surface area contributed by atoms with Gasteiger partial charge in [-0.25, -0.2) is 0 Å². The van der Waals surface area contributed by atoms with E-state index in [2.05, 4.69) is 33.0 Å². The van der Waals surface area contributed by atoms with Crippen molar-refractivity contribution in [2.24, 2.45) is 16.7 Å². The molecule has 3 N–H and O–H groups in total. The predicted molar refractivity (Wildman–Crippen MR) is 79.2 cm³/mol. The van der Waals surface area contributed by atoms with Crippen molar-refractivity contribution in [1.29, 1.82) is 0 Å². The van der Waals surface area contributed by atoms with Crippen LogP contribution in [0.2, 0.25) is 5.02 Å². The Balaban J connectivity index is 2.00. The number of hydrogen-bond acceptors (Lipinski definition) is 2. The van der Waals surface area contributed by atoms with Crippen LogP contribution in [-0.4, -0.2) is 12.5 Å². The second-order valence-corrected chi connectivity index (χ2v) is 6.87. The molecule has 0 bridgehead atoms. The molecule has 1 aromatic rings. The van der Waals surface area contributed by atoms with Crippen LogP contribution < -0.4 is 11.1 Å². The van der Waals surface area contributed by atoms with Crippen molar-refractivity contribution >= 4 is 23.2 Å². The monoisotopic (exact) mass is 280 g/mol. The zero-order chi connectivity index (χ0) is 14.4. The highest BCUT2D eigenvalue weighted by molar-refractivity contribution is 6.31. The maximum absolute atomic E-state index is 12.1. The van der Waals surface area contributed by atoms with E-state index in [1.165, 1.54) is 0 Å². The fraction of sp³-hybridized carbons (Fsp3) is 0.533. The van der Waals surface area contributed by atoms with Gasteiger partial charge >= 0.3 is 0 Å². The number of benzene rings is 1. The van der Waals surface area contributed by atoms with Crippen LogP contribution >= 0.6 is 11.6 Å². The molecule has 0 unspecified atom stereocenters. The summed E-state index contributed by atoms with van der Waals surface area (Å²) in [6.45, 7) is 9.63.